The molecule has 0 heterocycles. The van der Waals surface area contributed by atoms with Gasteiger partial charge >= 0.3 is 29.6 Å². The summed E-state index contributed by atoms with van der Waals surface area (Å²) in [7, 11) is 0. The fraction of sp³-hybridized carbons (Fsp3) is 0.364. The average molecular weight is 216 g/mol. The zero-order chi connectivity index (χ0) is 10.7. The van der Waals surface area contributed by atoms with Gasteiger partial charge in [-0.2, -0.15) is 0 Å². The van der Waals surface area contributed by atoms with Crippen LogP contribution < -0.4 is 34.7 Å². The number of carboxylic acid groups (broad SMARTS) is 1. The van der Waals surface area contributed by atoms with E-state index in [4.69, 9.17) is 0 Å². The largest absolute Gasteiger partial charge is 1.00 e. The van der Waals surface area contributed by atoms with E-state index in [0.29, 0.717) is 17.9 Å². The Hall–Kier alpha value is -0.510. The molecular weight excluding hydrogens is 203 g/mol. The van der Waals surface area contributed by atoms with Crippen LogP contribution >= 0.6 is 0 Å². The first-order valence-corrected chi connectivity index (χ1v) is 4.54. The van der Waals surface area contributed by atoms with Crippen molar-refractivity contribution >= 4 is 5.97 Å². The molecule has 0 aliphatic rings. The molecule has 0 aliphatic carbocycles. The second kappa shape index (κ2) is 6.16. The summed E-state index contributed by atoms with van der Waals surface area (Å²) >= 11 is 0. The summed E-state index contributed by atoms with van der Waals surface area (Å²) in [6.07, 6.45) is 0.623. The molecule has 1 aromatic carbocycles. The summed E-state index contributed by atoms with van der Waals surface area (Å²) in [6.45, 7) is 3.98. The van der Waals surface area contributed by atoms with Gasteiger partial charge < -0.3 is 15.0 Å². The van der Waals surface area contributed by atoms with Crippen molar-refractivity contribution in [2.75, 3.05) is 0 Å². The van der Waals surface area contributed by atoms with E-state index in [-0.39, 0.29) is 40.9 Å². The molecule has 1 N–H and O–H groups in total. The Morgan fingerprint density at radius 3 is 2.53 bits per heavy atom. The minimum Gasteiger partial charge on any atom is -0.545 e. The van der Waals surface area contributed by atoms with Crippen molar-refractivity contribution in [2.45, 2.75) is 20.3 Å². The quantitative estimate of drug-likeness (QED) is 0.592. The van der Waals surface area contributed by atoms with Crippen molar-refractivity contribution in [3.05, 3.63) is 29.3 Å². The van der Waals surface area contributed by atoms with Crippen molar-refractivity contribution in [2.24, 2.45) is 5.92 Å². The normalized spacial score (nSPS) is 9.80. The van der Waals surface area contributed by atoms with E-state index in [1.54, 1.807) is 0 Å². The van der Waals surface area contributed by atoms with Crippen LogP contribution in [0.3, 0.4) is 0 Å². The molecule has 0 spiro atoms. The molecule has 0 radical (unpaired) electrons. The smallest absolute Gasteiger partial charge is 0.545 e. The molecule has 0 bridgehead atoms. The van der Waals surface area contributed by atoms with Gasteiger partial charge in [-0.25, -0.2) is 0 Å². The minimum absolute atomic E-state index is 0. The molecule has 0 atom stereocenters. The molecule has 0 fully saturated rings. The first kappa shape index (κ1) is 14.5. The van der Waals surface area contributed by atoms with E-state index in [9.17, 15) is 15.0 Å². The zero-order valence-electron chi connectivity index (χ0n) is 9.28. The Bertz CT molecular complexity index is 348. The second-order valence-corrected chi connectivity index (χ2v) is 3.73. The van der Waals surface area contributed by atoms with Crippen LogP contribution in [0.15, 0.2) is 18.2 Å². The van der Waals surface area contributed by atoms with Crippen LogP contribution in [-0.4, -0.2) is 11.1 Å². The topological polar surface area (TPSA) is 60.4 Å². The number of rotatable bonds is 3. The van der Waals surface area contributed by atoms with E-state index in [1.807, 2.05) is 13.8 Å². The summed E-state index contributed by atoms with van der Waals surface area (Å²) in [5.41, 5.74) is 0.788. The third-order valence-electron chi connectivity index (χ3n) is 1.94. The zero-order valence-corrected chi connectivity index (χ0v) is 11.3. The Kier molecular flexibility index (Phi) is 5.95. The minimum atomic E-state index is -1.19. The molecule has 0 aliphatic heterocycles. The van der Waals surface area contributed by atoms with Crippen LogP contribution in [0.2, 0.25) is 0 Å². The molecule has 0 saturated heterocycles. The Morgan fingerprint density at radius 2 is 2.07 bits per heavy atom. The summed E-state index contributed by atoms with van der Waals surface area (Å²) < 4.78 is 0. The number of carbonyl (C=O) groups excluding carboxylic acids is 1. The van der Waals surface area contributed by atoms with E-state index in [1.165, 1.54) is 18.2 Å². The van der Waals surface area contributed by atoms with E-state index in [2.05, 4.69) is 0 Å². The van der Waals surface area contributed by atoms with E-state index in [0.717, 1.165) is 0 Å². The van der Waals surface area contributed by atoms with Gasteiger partial charge in [-0.05, 0) is 36.1 Å². The average Bonchev–Trinajstić information content (AvgIpc) is 2.01. The van der Waals surface area contributed by atoms with Crippen molar-refractivity contribution in [1.29, 1.82) is 0 Å². The molecule has 1 rings (SSSR count). The van der Waals surface area contributed by atoms with Crippen LogP contribution in [0.1, 0.15) is 29.8 Å². The van der Waals surface area contributed by atoms with Gasteiger partial charge in [0, 0.05) is 5.56 Å². The number of aromatic carboxylic acids is 1. The molecule has 3 nitrogen and oxygen atoms in total. The maximum absolute atomic E-state index is 10.7. The molecule has 0 unspecified atom stereocenters. The first-order valence-electron chi connectivity index (χ1n) is 4.54. The first-order chi connectivity index (χ1) is 6.50. The predicted octanol–water partition coefficient (Wildman–Crippen LogP) is -2.04. The number of phenols is 1. The molecule has 0 saturated carbocycles. The number of aromatic hydroxyl groups is 1. The van der Waals surface area contributed by atoms with Crippen molar-refractivity contribution in [3.63, 3.8) is 0 Å². The van der Waals surface area contributed by atoms with Crippen LogP contribution in [0.25, 0.3) is 0 Å². The number of benzene rings is 1. The molecule has 0 aromatic heterocycles. The maximum atomic E-state index is 10.7. The van der Waals surface area contributed by atoms with Crippen LogP contribution in [0.4, 0.5) is 0 Å². The third-order valence-corrected chi connectivity index (χ3v) is 1.94. The van der Waals surface area contributed by atoms with E-state index >= 15 is 0 Å². The van der Waals surface area contributed by atoms with Crippen LogP contribution in [-0.2, 0) is 6.42 Å². The van der Waals surface area contributed by atoms with Gasteiger partial charge in [-0.1, -0.05) is 13.8 Å². The number of hydrogen-bond acceptors (Lipinski definition) is 3. The number of carboxylic acids is 1. The Morgan fingerprint density at radius 1 is 1.47 bits per heavy atom. The van der Waals surface area contributed by atoms with Crippen LogP contribution in [0.5, 0.6) is 5.75 Å². The van der Waals surface area contributed by atoms with Crippen LogP contribution in [0, 0.1) is 5.92 Å². The number of carbonyl (C=O) groups is 1. The van der Waals surface area contributed by atoms with Gasteiger partial charge in [0.15, 0.2) is 0 Å². The summed E-state index contributed by atoms with van der Waals surface area (Å²) in [6, 6.07) is 4.21. The third kappa shape index (κ3) is 4.24. The second-order valence-electron chi connectivity index (χ2n) is 3.73. The summed E-state index contributed by atoms with van der Waals surface area (Å²) in [4.78, 5) is 10.7. The van der Waals surface area contributed by atoms with Gasteiger partial charge in [0.25, 0.3) is 0 Å². The number of phenolic OH excluding ortho intramolecular Hbond substituents is 1. The van der Waals surface area contributed by atoms with Crippen molar-refractivity contribution in [3.8, 4) is 5.75 Å². The maximum Gasteiger partial charge on any atom is 1.00 e. The SMILES string of the molecule is CC(C)Cc1cc(O)ccc1C(=O)[O-].[Na+]. The fourth-order valence-corrected chi connectivity index (χ4v) is 1.39. The van der Waals surface area contributed by atoms with Gasteiger partial charge in [0.05, 0.1) is 5.97 Å². The van der Waals surface area contributed by atoms with Gasteiger partial charge in [0.1, 0.15) is 5.75 Å². The molecule has 4 heteroatoms. The predicted molar refractivity (Wildman–Crippen MR) is 51.0 cm³/mol. The molecule has 1 aromatic rings. The molecular formula is C11H13NaO3. The van der Waals surface area contributed by atoms with E-state index < -0.39 is 5.97 Å². The number of hydrogen-bond donors (Lipinski definition) is 1. The molecule has 76 valence electrons. The monoisotopic (exact) mass is 216 g/mol. The standard InChI is InChI=1S/C11H14O3.Na/c1-7(2)5-8-6-9(12)3-4-10(8)11(13)14;/h3-4,6-7,12H,5H2,1-2H3,(H,13,14);/q;+1/p-1. The van der Waals surface area contributed by atoms with Gasteiger partial charge in [0.2, 0.25) is 0 Å². The summed E-state index contributed by atoms with van der Waals surface area (Å²) in [5, 5.41) is 19.9. The van der Waals surface area contributed by atoms with Gasteiger partial charge in [-0.3, -0.25) is 0 Å². The Labute approximate surface area is 111 Å². The summed E-state index contributed by atoms with van der Waals surface area (Å²) in [5.74, 6) is -0.763. The molecule has 0 amide bonds. The van der Waals surface area contributed by atoms with Gasteiger partial charge in [-0.15, -0.1) is 0 Å². The van der Waals surface area contributed by atoms with Crippen molar-refractivity contribution < 1.29 is 44.6 Å². The molecule has 15 heavy (non-hydrogen) atoms. The Balaban J connectivity index is 0.00000196. The fourth-order valence-electron chi connectivity index (χ4n) is 1.39. The van der Waals surface area contributed by atoms with Crippen molar-refractivity contribution in [1.82, 2.24) is 0 Å².